The highest BCUT2D eigenvalue weighted by molar-refractivity contribution is 14.0. The highest BCUT2D eigenvalue weighted by Crippen LogP contribution is 2.21. The molecule has 0 fully saturated rings. The van der Waals surface area contributed by atoms with Crippen molar-refractivity contribution in [1.82, 2.24) is 10.2 Å². The van der Waals surface area contributed by atoms with Crippen LogP contribution in [-0.4, -0.2) is 37.0 Å². The number of nitrogens with one attached hydrogen (secondary N) is 1. The molecule has 1 aromatic rings. The molecule has 0 aromatic heterocycles. The normalized spacial score (nSPS) is 15.2. The first-order valence-corrected chi connectivity index (χ1v) is 7.62. The molecule has 4 heteroatoms. The van der Waals surface area contributed by atoms with Crippen molar-refractivity contribution >= 4 is 35.5 Å². The molecule has 0 saturated heterocycles. The first-order chi connectivity index (χ1) is 9.85. The van der Waals surface area contributed by atoms with E-state index in [0.29, 0.717) is 0 Å². The van der Waals surface area contributed by atoms with E-state index in [4.69, 9.17) is 0 Å². The van der Waals surface area contributed by atoms with Crippen molar-refractivity contribution in [2.75, 3.05) is 26.2 Å². The predicted octanol–water partition coefficient (Wildman–Crippen LogP) is 3.77. The molecule has 0 saturated carbocycles. The number of nitrogens with zero attached hydrogens (tertiary/aromatic N) is 2. The number of hydrogen-bond acceptors (Lipinski definition) is 1. The quantitative estimate of drug-likeness (QED) is 0.474. The molecule has 1 aromatic carbocycles. The smallest absolute Gasteiger partial charge is 0.194 e. The van der Waals surface area contributed by atoms with Gasteiger partial charge in [0.2, 0.25) is 0 Å². The van der Waals surface area contributed by atoms with Gasteiger partial charge in [0.25, 0.3) is 0 Å². The van der Waals surface area contributed by atoms with Gasteiger partial charge in [-0.3, -0.25) is 4.99 Å². The van der Waals surface area contributed by atoms with Crippen molar-refractivity contribution in [2.24, 2.45) is 4.99 Å². The third kappa shape index (κ3) is 5.34. The molecule has 1 aliphatic heterocycles. The van der Waals surface area contributed by atoms with Gasteiger partial charge in [0.05, 0.1) is 0 Å². The highest BCUT2D eigenvalue weighted by atomic mass is 127. The van der Waals surface area contributed by atoms with Gasteiger partial charge < -0.3 is 10.2 Å². The fourth-order valence-electron chi connectivity index (χ4n) is 2.42. The summed E-state index contributed by atoms with van der Waals surface area (Å²) in [7, 11) is 0. The maximum absolute atomic E-state index is 4.66. The summed E-state index contributed by atoms with van der Waals surface area (Å²) in [6, 6.07) is 10.7. The minimum absolute atomic E-state index is 0. The third-order valence-electron chi connectivity index (χ3n) is 3.47. The van der Waals surface area contributed by atoms with Gasteiger partial charge in [0.1, 0.15) is 0 Å². The van der Waals surface area contributed by atoms with E-state index in [9.17, 15) is 0 Å². The van der Waals surface area contributed by atoms with Gasteiger partial charge in [-0.05, 0) is 30.9 Å². The van der Waals surface area contributed by atoms with Crippen molar-refractivity contribution in [3.05, 3.63) is 42.0 Å². The summed E-state index contributed by atoms with van der Waals surface area (Å²) in [5, 5.41) is 3.39. The molecule has 1 heterocycles. The molecule has 2 rings (SSSR count). The fourth-order valence-corrected chi connectivity index (χ4v) is 2.42. The Bertz CT molecular complexity index is 468. The minimum atomic E-state index is 0. The summed E-state index contributed by atoms with van der Waals surface area (Å²) < 4.78 is 0. The maximum atomic E-state index is 4.66. The Morgan fingerprint density at radius 1 is 1.24 bits per heavy atom. The van der Waals surface area contributed by atoms with Crippen LogP contribution in [0.25, 0.3) is 5.57 Å². The molecule has 0 atom stereocenters. The fraction of sp³-hybridized carbons (Fsp3) is 0.471. The van der Waals surface area contributed by atoms with Crippen molar-refractivity contribution in [3.8, 4) is 0 Å². The van der Waals surface area contributed by atoms with Crippen LogP contribution in [-0.2, 0) is 0 Å². The molecular weight excluding hydrogens is 373 g/mol. The van der Waals surface area contributed by atoms with Gasteiger partial charge in [-0.1, -0.05) is 43.3 Å². The molecule has 0 bridgehead atoms. The Morgan fingerprint density at radius 3 is 2.57 bits per heavy atom. The Hall–Kier alpha value is -1.04. The van der Waals surface area contributed by atoms with E-state index in [-0.39, 0.29) is 24.0 Å². The summed E-state index contributed by atoms with van der Waals surface area (Å²) in [6.07, 6.45) is 4.51. The lowest BCUT2D eigenvalue weighted by Crippen LogP contribution is -2.43. The zero-order chi connectivity index (χ0) is 14.2. The van der Waals surface area contributed by atoms with E-state index in [2.05, 4.69) is 65.5 Å². The van der Waals surface area contributed by atoms with Crippen LogP contribution in [0.3, 0.4) is 0 Å². The van der Waals surface area contributed by atoms with E-state index in [1.807, 2.05) is 0 Å². The molecule has 0 spiro atoms. The number of benzene rings is 1. The predicted molar refractivity (Wildman–Crippen MR) is 102 cm³/mol. The SMILES string of the molecule is CCCN=C(NCC)N1CC=C(c2ccccc2)CC1.I. The molecule has 3 nitrogen and oxygen atoms in total. The second-order valence-corrected chi connectivity index (χ2v) is 5.03. The van der Waals surface area contributed by atoms with Crippen LogP contribution < -0.4 is 5.32 Å². The molecular formula is C17H26IN3. The summed E-state index contributed by atoms with van der Waals surface area (Å²) in [6.45, 7) is 8.09. The second kappa shape index (κ2) is 9.82. The Kier molecular flexibility index (Phi) is 8.42. The Morgan fingerprint density at radius 2 is 2.00 bits per heavy atom. The molecule has 0 radical (unpaired) electrons. The summed E-state index contributed by atoms with van der Waals surface area (Å²) in [4.78, 5) is 6.99. The molecule has 116 valence electrons. The molecule has 0 unspecified atom stereocenters. The van der Waals surface area contributed by atoms with Gasteiger partial charge in [0, 0.05) is 26.2 Å². The number of guanidine groups is 1. The van der Waals surface area contributed by atoms with E-state index in [1.165, 1.54) is 11.1 Å². The summed E-state index contributed by atoms with van der Waals surface area (Å²) in [5.41, 5.74) is 2.80. The van der Waals surface area contributed by atoms with E-state index in [0.717, 1.165) is 45.0 Å². The van der Waals surface area contributed by atoms with Gasteiger partial charge in [0.15, 0.2) is 5.96 Å². The Balaban J connectivity index is 0.00000220. The van der Waals surface area contributed by atoms with Crippen LogP contribution in [0, 0.1) is 0 Å². The molecule has 0 amide bonds. The zero-order valence-corrected chi connectivity index (χ0v) is 15.3. The first-order valence-electron chi connectivity index (χ1n) is 7.62. The van der Waals surface area contributed by atoms with Crippen LogP contribution >= 0.6 is 24.0 Å². The average Bonchev–Trinajstić information content (AvgIpc) is 2.52. The van der Waals surface area contributed by atoms with Crippen LogP contribution in [0.5, 0.6) is 0 Å². The van der Waals surface area contributed by atoms with Gasteiger partial charge >= 0.3 is 0 Å². The molecule has 1 N–H and O–H groups in total. The van der Waals surface area contributed by atoms with Crippen molar-refractivity contribution < 1.29 is 0 Å². The lowest BCUT2D eigenvalue weighted by Gasteiger charge is -2.29. The standard InChI is InChI=1S/C17H25N3.HI/c1-3-12-19-17(18-4-2)20-13-10-16(11-14-20)15-8-6-5-7-9-15;/h5-10H,3-4,11-14H2,1-2H3,(H,18,19);1H. The largest absolute Gasteiger partial charge is 0.357 e. The number of aliphatic imine (C=N–C) groups is 1. The van der Waals surface area contributed by atoms with E-state index < -0.39 is 0 Å². The topological polar surface area (TPSA) is 27.6 Å². The lowest BCUT2D eigenvalue weighted by molar-refractivity contribution is 0.440. The molecule has 21 heavy (non-hydrogen) atoms. The number of halogens is 1. The summed E-state index contributed by atoms with van der Waals surface area (Å²) in [5.74, 6) is 1.05. The van der Waals surface area contributed by atoms with E-state index in [1.54, 1.807) is 0 Å². The highest BCUT2D eigenvalue weighted by Gasteiger charge is 2.15. The van der Waals surface area contributed by atoms with E-state index >= 15 is 0 Å². The zero-order valence-electron chi connectivity index (χ0n) is 13.0. The second-order valence-electron chi connectivity index (χ2n) is 5.03. The van der Waals surface area contributed by atoms with Gasteiger partial charge in [-0.2, -0.15) is 0 Å². The molecule has 1 aliphatic rings. The monoisotopic (exact) mass is 399 g/mol. The number of hydrogen-bond donors (Lipinski definition) is 1. The van der Waals surface area contributed by atoms with Crippen LogP contribution in [0.1, 0.15) is 32.3 Å². The number of rotatable bonds is 4. The van der Waals surface area contributed by atoms with Crippen molar-refractivity contribution in [2.45, 2.75) is 26.7 Å². The van der Waals surface area contributed by atoms with Crippen LogP contribution in [0.2, 0.25) is 0 Å². The maximum Gasteiger partial charge on any atom is 0.194 e. The average molecular weight is 399 g/mol. The molecule has 0 aliphatic carbocycles. The first kappa shape index (κ1) is 18.0. The van der Waals surface area contributed by atoms with Crippen molar-refractivity contribution in [3.63, 3.8) is 0 Å². The Labute approximate surface area is 145 Å². The van der Waals surface area contributed by atoms with Crippen LogP contribution in [0.15, 0.2) is 41.4 Å². The minimum Gasteiger partial charge on any atom is -0.357 e. The van der Waals surface area contributed by atoms with Crippen molar-refractivity contribution in [1.29, 1.82) is 0 Å². The lowest BCUT2D eigenvalue weighted by atomic mass is 10.00. The van der Waals surface area contributed by atoms with Gasteiger partial charge in [-0.15, -0.1) is 24.0 Å². The third-order valence-corrected chi connectivity index (χ3v) is 3.47. The summed E-state index contributed by atoms with van der Waals surface area (Å²) >= 11 is 0. The van der Waals surface area contributed by atoms with Crippen LogP contribution in [0.4, 0.5) is 0 Å². The van der Waals surface area contributed by atoms with Gasteiger partial charge in [-0.25, -0.2) is 0 Å².